The van der Waals surface area contributed by atoms with Gasteiger partial charge in [0, 0.05) is 18.9 Å². The van der Waals surface area contributed by atoms with Crippen molar-refractivity contribution in [3.8, 4) is 0 Å². The maximum Gasteiger partial charge on any atom is 0.274 e. The molecule has 0 aliphatic carbocycles. The normalized spacial score (nSPS) is 26.9. The molecule has 0 radical (unpaired) electrons. The van der Waals surface area contributed by atoms with Crippen LogP contribution in [0.1, 0.15) is 43.6 Å². The topological polar surface area (TPSA) is 46.8 Å². The first kappa shape index (κ1) is 16.9. The van der Waals surface area contributed by atoms with E-state index < -0.39 is 0 Å². The molecule has 4 rings (SSSR count). The summed E-state index contributed by atoms with van der Waals surface area (Å²) in [6.07, 6.45) is 6.61. The summed E-state index contributed by atoms with van der Waals surface area (Å²) in [6, 6.07) is 3.61. The first-order valence-electron chi connectivity index (χ1n) is 9.03. The number of likely N-dealkylation sites (tertiary alicyclic amines) is 1. The fourth-order valence-electron chi connectivity index (χ4n) is 4.09. The number of carbonyl (C=O) groups excluding carboxylic acids is 1. The third-order valence-electron chi connectivity index (χ3n) is 5.64. The van der Waals surface area contributed by atoms with Crippen molar-refractivity contribution in [3.05, 3.63) is 35.2 Å². The van der Waals surface area contributed by atoms with Crippen LogP contribution in [0.25, 0.3) is 5.65 Å². The predicted octanol–water partition coefficient (Wildman–Crippen LogP) is 3.66. The number of fused-ring (bicyclic) bond motifs is 1. The third kappa shape index (κ3) is 3.15. The van der Waals surface area contributed by atoms with Crippen LogP contribution in [-0.2, 0) is 4.74 Å². The molecule has 134 valence electrons. The number of rotatable bonds is 2. The standard InChI is InChI=1S/C19H24ClN3O2/c1-13(2)14-8-19(25-11-14)6-3-7-22(12-19)18(24)16-10-23-9-15(20)4-5-17(23)21-16/h4-5,9-10,13-14H,3,6-8,11-12H2,1-2H3. The van der Waals surface area contributed by atoms with E-state index in [-0.39, 0.29) is 11.5 Å². The number of pyridine rings is 1. The molecule has 1 amide bonds. The Kier molecular flexibility index (Phi) is 4.24. The molecular weight excluding hydrogens is 338 g/mol. The molecule has 2 aliphatic rings. The van der Waals surface area contributed by atoms with E-state index in [0.717, 1.165) is 38.1 Å². The molecule has 5 nitrogen and oxygen atoms in total. The van der Waals surface area contributed by atoms with Gasteiger partial charge in [0.15, 0.2) is 0 Å². The Labute approximate surface area is 152 Å². The van der Waals surface area contributed by atoms with Crippen LogP contribution in [0.15, 0.2) is 24.5 Å². The second kappa shape index (κ2) is 6.29. The molecule has 25 heavy (non-hydrogen) atoms. The van der Waals surface area contributed by atoms with Crippen molar-refractivity contribution in [2.75, 3.05) is 19.7 Å². The third-order valence-corrected chi connectivity index (χ3v) is 5.86. The smallest absolute Gasteiger partial charge is 0.274 e. The van der Waals surface area contributed by atoms with Crippen molar-refractivity contribution in [3.63, 3.8) is 0 Å². The Morgan fingerprint density at radius 1 is 1.40 bits per heavy atom. The predicted molar refractivity (Wildman–Crippen MR) is 97.0 cm³/mol. The minimum absolute atomic E-state index is 0.0181. The van der Waals surface area contributed by atoms with Crippen molar-refractivity contribution >= 4 is 23.2 Å². The number of amides is 1. The minimum atomic E-state index is -0.161. The highest BCUT2D eigenvalue weighted by molar-refractivity contribution is 6.30. The number of piperidine rings is 1. The zero-order valence-electron chi connectivity index (χ0n) is 14.7. The highest BCUT2D eigenvalue weighted by Crippen LogP contribution is 2.40. The molecule has 0 bridgehead atoms. The fraction of sp³-hybridized carbons (Fsp3) is 0.579. The van der Waals surface area contributed by atoms with Gasteiger partial charge in [0.05, 0.1) is 23.8 Å². The van der Waals surface area contributed by atoms with Crippen LogP contribution in [0.4, 0.5) is 0 Å². The molecule has 0 saturated carbocycles. The molecule has 4 heterocycles. The lowest BCUT2D eigenvalue weighted by Crippen LogP contribution is -2.50. The molecule has 0 N–H and O–H groups in total. The maximum atomic E-state index is 13.0. The Morgan fingerprint density at radius 3 is 3.00 bits per heavy atom. The number of nitrogens with zero attached hydrogens (tertiary/aromatic N) is 3. The number of ether oxygens (including phenoxy) is 1. The zero-order chi connectivity index (χ0) is 17.6. The van der Waals surface area contributed by atoms with E-state index in [9.17, 15) is 4.79 Å². The molecule has 2 fully saturated rings. The van der Waals surface area contributed by atoms with E-state index in [4.69, 9.17) is 16.3 Å². The largest absolute Gasteiger partial charge is 0.373 e. The molecule has 2 unspecified atom stereocenters. The van der Waals surface area contributed by atoms with Crippen molar-refractivity contribution < 1.29 is 9.53 Å². The first-order valence-corrected chi connectivity index (χ1v) is 9.41. The molecule has 0 aromatic carbocycles. The van der Waals surface area contributed by atoms with E-state index in [2.05, 4.69) is 18.8 Å². The number of imidazole rings is 1. The van der Waals surface area contributed by atoms with Gasteiger partial charge in [-0.2, -0.15) is 0 Å². The van der Waals surface area contributed by atoms with Crippen LogP contribution in [0.3, 0.4) is 0 Å². The summed E-state index contributed by atoms with van der Waals surface area (Å²) in [6.45, 7) is 6.75. The molecule has 1 spiro atoms. The number of hydrogen-bond donors (Lipinski definition) is 0. The summed E-state index contributed by atoms with van der Waals surface area (Å²) in [5, 5.41) is 0.625. The van der Waals surface area contributed by atoms with Crippen LogP contribution in [0.5, 0.6) is 0 Å². The van der Waals surface area contributed by atoms with Gasteiger partial charge in [-0.1, -0.05) is 25.4 Å². The molecule has 6 heteroatoms. The summed E-state index contributed by atoms with van der Waals surface area (Å²) >= 11 is 6.02. The van der Waals surface area contributed by atoms with Crippen LogP contribution in [0, 0.1) is 11.8 Å². The zero-order valence-corrected chi connectivity index (χ0v) is 15.5. The van der Waals surface area contributed by atoms with E-state index in [1.807, 2.05) is 11.0 Å². The van der Waals surface area contributed by atoms with Gasteiger partial charge >= 0.3 is 0 Å². The lowest BCUT2D eigenvalue weighted by atomic mass is 9.83. The summed E-state index contributed by atoms with van der Waals surface area (Å²) in [5.41, 5.74) is 1.04. The quantitative estimate of drug-likeness (QED) is 0.820. The van der Waals surface area contributed by atoms with Crippen molar-refractivity contribution in [1.82, 2.24) is 14.3 Å². The van der Waals surface area contributed by atoms with Crippen LogP contribution >= 0.6 is 11.6 Å². The number of halogens is 1. The number of hydrogen-bond acceptors (Lipinski definition) is 3. The number of aromatic nitrogens is 2. The van der Waals surface area contributed by atoms with Crippen LogP contribution < -0.4 is 0 Å². The van der Waals surface area contributed by atoms with Gasteiger partial charge in [-0.15, -0.1) is 0 Å². The average molecular weight is 362 g/mol. The molecular formula is C19H24ClN3O2. The van der Waals surface area contributed by atoms with Gasteiger partial charge in [0.1, 0.15) is 11.3 Å². The Morgan fingerprint density at radius 2 is 2.24 bits per heavy atom. The van der Waals surface area contributed by atoms with E-state index in [0.29, 0.717) is 29.1 Å². The Balaban J connectivity index is 1.53. The van der Waals surface area contributed by atoms with Crippen molar-refractivity contribution in [2.45, 2.75) is 38.7 Å². The summed E-state index contributed by atoms with van der Waals surface area (Å²) in [4.78, 5) is 19.3. The first-order chi connectivity index (χ1) is 12.0. The minimum Gasteiger partial charge on any atom is -0.373 e. The summed E-state index contributed by atoms with van der Waals surface area (Å²) in [5.74, 6) is 1.19. The van der Waals surface area contributed by atoms with E-state index in [1.54, 1.807) is 22.9 Å². The van der Waals surface area contributed by atoms with E-state index >= 15 is 0 Å². The van der Waals surface area contributed by atoms with Gasteiger partial charge in [-0.25, -0.2) is 4.98 Å². The van der Waals surface area contributed by atoms with Crippen molar-refractivity contribution in [2.24, 2.45) is 11.8 Å². The van der Waals surface area contributed by atoms with Crippen LogP contribution in [0.2, 0.25) is 5.02 Å². The van der Waals surface area contributed by atoms with E-state index in [1.165, 1.54) is 0 Å². The van der Waals surface area contributed by atoms with Gasteiger partial charge in [0.2, 0.25) is 0 Å². The number of carbonyl (C=O) groups is 1. The Bertz CT molecular complexity index is 803. The lowest BCUT2D eigenvalue weighted by Gasteiger charge is -2.39. The monoisotopic (exact) mass is 361 g/mol. The highest BCUT2D eigenvalue weighted by atomic mass is 35.5. The summed E-state index contributed by atoms with van der Waals surface area (Å²) in [7, 11) is 0. The summed E-state index contributed by atoms with van der Waals surface area (Å²) < 4.78 is 8.01. The fourth-order valence-corrected chi connectivity index (χ4v) is 4.26. The Hall–Kier alpha value is -1.59. The molecule has 2 aromatic rings. The second-order valence-corrected chi connectivity index (χ2v) is 8.21. The van der Waals surface area contributed by atoms with Crippen molar-refractivity contribution in [1.29, 1.82) is 0 Å². The molecule has 2 saturated heterocycles. The van der Waals surface area contributed by atoms with Gasteiger partial charge in [-0.3, -0.25) is 4.79 Å². The van der Waals surface area contributed by atoms with Crippen LogP contribution in [-0.4, -0.2) is 45.5 Å². The average Bonchev–Trinajstić information content (AvgIpc) is 3.18. The van der Waals surface area contributed by atoms with Gasteiger partial charge in [0.25, 0.3) is 5.91 Å². The highest BCUT2D eigenvalue weighted by Gasteiger charge is 2.45. The van der Waals surface area contributed by atoms with Gasteiger partial charge in [-0.05, 0) is 43.2 Å². The molecule has 2 aromatic heterocycles. The lowest BCUT2D eigenvalue weighted by molar-refractivity contribution is -0.0452. The van der Waals surface area contributed by atoms with Gasteiger partial charge < -0.3 is 14.0 Å². The molecule has 2 aliphatic heterocycles. The maximum absolute atomic E-state index is 13.0. The SMILES string of the molecule is CC(C)C1COC2(CCCN(C(=O)c3cn4cc(Cl)ccc4n3)C2)C1. The molecule has 2 atom stereocenters. The second-order valence-electron chi connectivity index (χ2n) is 7.77.